The molecule has 0 aliphatic rings. The quantitative estimate of drug-likeness (QED) is 0.350. The third kappa shape index (κ3) is 2.84. The Kier molecular flexibility index (Phi) is 4.57. The van der Waals surface area contributed by atoms with Gasteiger partial charge >= 0.3 is 160 Å². The van der Waals surface area contributed by atoms with E-state index in [4.69, 9.17) is 9.47 Å². The number of thiophene rings is 1. The van der Waals surface area contributed by atoms with E-state index in [0.29, 0.717) is 24.3 Å². The summed E-state index contributed by atoms with van der Waals surface area (Å²) >= 11 is 1.83. The van der Waals surface area contributed by atoms with E-state index in [2.05, 4.69) is 0 Å². The Hall–Kier alpha value is -2.14. The van der Waals surface area contributed by atoms with Crippen LogP contribution in [0.5, 0.6) is 0 Å². The molecule has 4 nitrogen and oxygen atoms in total. The SMILES string of the molecule is CCOC(=O)c1ccc2c(c1)sc1c3ccc(C(=O)OCC)cc3[se]c21. The number of carbonyl (C=O) groups excluding carboxylic acids is 2. The first-order valence-corrected chi connectivity index (χ1v) is 10.9. The minimum atomic E-state index is -0.284. The van der Waals surface area contributed by atoms with Crippen LogP contribution in [0.4, 0.5) is 0 Å². The van der Waals surface area contributed by atoms with Crippen LogP contribution in [0.15, 0.2) is 36.4 Å². The van der Waals surface area contributed by atoms with Crippen molar-refractivity contribution in [2.45, 2.75) is 13.8 Å². The molecule has 0 amide bonds. The maximum absolute atomic E-state index is 12.0. The first-order valence-electron chi connectivity index (χ1n) is 8.35. The van der Waals surface area contributed by atoms with Gasteiger partial charge in [0.05, 0.1) is 0 Å². The number of carbonyl (C=O) groups is 2. The molecule has 2 heterocycles. The summed E-state index contributed by atoms with van der Waals surface area (Å²) in [7, 11) is 0. The second-order valence-corrected chi connectivity index (χ2v) is 8.98. The number of ether oxygens (including phenoxy) is 2. The molecule has 0 fully saturated rings. The summed E-state index contributed by atoms with van der Waals surface area (Å²) in [5.41, 5.74) is 1.20. The van der Waals surface area contributed by atoms with Crippen molar-refractivity contribution >= 4 is 66.5 Å². The summed E-state index contributed by atoms with van der Waals surface area (Å²) in [5, 5.41) is 2.37. The van der Waals surface area contributed by atoms with Crippen molar-refractivity contribution < 1.29 is 19.1 Å². The number of hydrogen-bond acceptors (Lipinski definition) is 5. The predicted molar refractivity (Wildman–Crippen MR) is 106 cm³/mol. The van der Waals surface area contributed by atoms with Gasteiger partial charge in [0.2, 0.25) is 0 Å². The molecule has 0 aliphatic heterocycles. The second-order valence-electron chi connectivity index (χ2n) is 5.73. The summed E-state index contributed by atoms with van der Waals surface area (Å²) < 4.78 is 15.1. The Labute approximate surface area is 160 Å². The fraction of sp³-hybridized carbons (Fsp3) is 0.200. The molecule has 0 bridgehead atoms. The molecule has 6 heteroatoms. The first-order chi connectivity index (χ1) is 12.6. The third-order valence-corrected chi connectivity index (χ3v) is 8.07. The molecule has 2 aromatic carbocycles. The van der Waals surface area contributed by atoms with Crippen molar-refractivity contribution in [3.05, 3.63) is 47.5 Å². The van der Waals surface area contributed by atoms with Crippen LogP contribution in [0.3, 0.4) is 0 Å². The normalized spacial score (nSPS) is 11.3. The van der Waals surface area contributed by atoms with E-state index in [1.165, 1.54) is 24.0 Å². The molecule has 4 aromatic rings. The van der Waals surface area contributed by atoms with E-state index < -0.39 is 0 Å². The van der Waals surface area contributed by atoms with E-state index in [9.17, 15) is 9.59 Å². The van der Waals surface area contributed by atoms with Crippen LogP contribution >= 0.6 is 11.3 Å². The number of fused-ring (bicyclic) bond motifs is 5. The van der Waals surface area contributed by atoms with Gasteiger partial charge in [0, 0.05) is 0 Å². The Morgan fingerprint density at radius 3 is 2.19 bits per heavy atom. The molecule has 0 N–H and O–H groups in total. The molecule has 0 spiro atoms. The van der Waals surface area contributed by atoms with Gasteiger partial charge in [-0.1, -0.05) is 0 Å². The zero-order valence-electron chi connectivity index (χ0n) is 14.3. The first kappa shape index (κ1) is 17.3. The van der Waals surface area contributed by atoms with Gasteiger partial charge in [0.1, 0.15) is 0 Å². The van der Waals surface area contributed by atoms with Crippen LogP contribution in [0, 0.1) is 0 Å². The monoisotopic (exact) mass is 432 g/mol. The fourth-order valence-corrected chi connectivity index (χ4v) is 7.35. The molecular formula is C20H16O4SSe. The molecule has 0 unspecified atom stereocenters. The van der Waals surface area contributed by atoms with Crippen LogP contribution < -0.4 is 0 Å². The summed E-state index contributed by atoms with van der Waals surface area (Å²) in [6.07, 6.45) is 0. The summed E-state index contributed by atoms with van der Waals surface area (Å²) in [6.45, 7) is 4.36. The van der Waals surface area contributed by atoms with Gasteiger partial charge in [-0.05, 0) is 0 Å². The Balaban J connectivity index is 1.83. The van der Waals surface area contributed by atoms with Gasteiger partial charge in [-0.3, -0.25) is 0 Å². The van der Waals surface area contributed by atoms with E-state index >= 15 is 0 Å². The van der Waals surface area contributed by atoms with Crippen LogP contribution in [0.25, 0.3) is 28.7 Å². The molecule has 0 saturated carbocycles. The van der Waals surface area contributed by atoms with Gasteiger partial charge in [-0.2, -0.15) is 0 Å². The molecule has 4 rings (SSSR count). The number of esters is 2. The Morgan fingerprint density at radius 2 is 1.54 bits per heavy atom. The third-order valence-electron chi connectivity index (χ3n) is 4.11. The van der Waals surface area contributed by atoms with Gasteiger partial charge in [0.25, 0.3) is 0 Å². The number of benzene rings is 2. The zero-order chi connectivity index (χ0) is 18.3. The van der Waals surface area contributed by atoms with Crippen molar-refractivity contribution in [1.29, 1.82) is 0 Å². The molecule has 0 aliphatic carbocycles. The number of rotatable bonds is 4. The Morgan fingerprint density at radius 1 is 0.923 bits per heavy atom. The van der Waals surface area contributed by atoms with Crippen LogP contribution in [0.2, 0.25) is 0 Å². The molecule has 0 atom stereocenters. The van der Waals surface area contributed by atoms with Crippen LogP contribution in [-0.4, -0.2) is 39.7 Å². The molecule has 0 radical (unpaired) electrons. The average Bonchev–Trinajstić information content (AvgIpc) is 3.16. The summed E-state index contributed by atoms with van der Waals surface area (Å²) in [4.78, 5) is 23.9. The van der Waals surface area contributed by atoms with Gasteiger partial charge in [0.15, 0.2) is 0 Å². The second kappa shape index (κ2) is 6.88. The predicted octanol–water partition coefficient (Wildman–Crippen LogP) is 4.62. The van der Waals surface area contributed by atoms with E-state index in [1.807, 2.05) is 43.3 Å². The zero-order valence-corrected chi connectivity index (χ0v) is 16.9. The van der Waals surface area contributed by atoms with Gasteiger partial charge in [-0.25, -0.2) is 0 Å². The van der Waals surface area contributed by atoms with E-state index in [1.54, 1.807) is 18.3 Å². The van der Waals surface area contributed by atoms with Gasteiger partial charge < -0.3 is 0 Å². The van der Waals surface area contributed by atoms with Crippen molar-refractivity contribution in [3.63, 3.8) is 0 Å². The van der Waals surface area contributed by atoms with Crippen molar-refractivity contribution in [3.8, 4) is 0 Å². The molecule has 132 valence electrons. The van der Waals surface area contributed by atoms with Crippen molar-refractivity contribution in [2.24, 2.45) is 0 Å². The number of hydrogen-bond donors (Lipinski definition) is 0. The Bertz CT molecular complexity index is 1060. The summed E-state index contributed by atoms with van der Waals surface area (Å²) in [5.74, 6) is -0.557. The van der Waals surface area contributed by atoms with Crippen molar-refractivity contribution in [1.82, 2.24) is 0 Å². The molecule has 2 aromatic heterocycles. The van der Waals surface area contributed by atoms with Gasteiger partial charge in [-0.15, -0.1) is 0 Å². The standard InChI is InChI=1S/C20H16O4SSe/c1-3-23-19(21)11-5-7-13-15(9-11)25-17-14-8-6-12(20(22)24-4-2)10-16(14)26-18(13)17/h5-10H,3-4H2,1-2H3. The van der Waals surface area contributed by atoms with E-state index in [0.717, 1.165) is 4.70 Å². The molecular weight excluding hydrogens is 415 g/mol. The maximum atomic E-state index is 12.0. The van der Waals surface area contributed by atoms with Crippen LogP contribution in [-0.2, 0) is 9.47 Å². The van der Waals surface area contributed by atoms with Crippen LogP contribution in [0.1, 0.15) is 34.6 Å². The average molecular weight is 431 g/mol. The van der Waals surface area contributed by atoms with Crippen molar-refractivity contribution in [2.75, 3.05) is 13.2 Å². The van der Waals surface area contributed by atoms with E-state index in [-0.39, 0.29) is 26.4 Å². The topological polar surface area (TPSA) is 52.6 Å². The minimum absolute atomic E-state index is 0.136. The molecule has 0 saturated heterocycles. The fourth-order valence-electron chi connectivity index (χ4n) is 2.94. The molecule has 26 heavy (non-hydrogen) atoms. The summed E-state index contributed by atoms with van der Waals surface area (Å²) in [6, 6.07) is 11.6.